The van der Waals surface area contributed by atoms with Crippen LogP contribution in [0.1, 0.15) is 58.4 Å². The number of rotatable bonds is 5. The lowest BCUT2D eigenvalue weighted by molar-refractivity contribution is 0.0688. The van der Waals surface area contributed by atoms with Crippen molar-refractivity contribution in [2.75, 3.05) is 20.2 Å². The number of amides is 1. The number of ether oxygens (including phenoxy) is 1. The minimum atomic E-state index is 0.0584. The third kappa shape index (κ3) is 3.63. The lowest BCUT2D eigenvalue weighted by atomic mass is 10.0. The number of nitrogens with zero attached hydrogens (tertiary/aromatic N) is 5. The van der Waals surface area contributed by atoms with E-state index >= 15 is 0 Å². The van der Waals surface area contributed by atoms with Crippen LogP contribution in [0.25, 0.3) is 11.2 Å². The van der Waals surface area contributed by atoms with Crippen LogP contribution in [0.4, 0.5) is 0 Å². The monoisotopic (exact) mass is 456 g/mol. The molecule has 3 aromatic heterocycles. The fourth-order valence-corrected chi connectivity index (χ4v) is 5.42. The van der Waals surface area contributed by atoms with E-state index < -0.39 is 0 Å². The van der Waals surface area contributed by atoms with Crippen LogP contribution in [0.2, 0.25) is 0 Å². The number of pyridine rings is 1. The first-order valence-electron chi connectivity index (χ1n) is 12.0. The van der Waals surface area contributed by atoms with Gasteiger partial charge in [-0.1, -0.05) is 12.1 Å². The first kappa shape index (κ1) is 20.9. The number of aromatic amines is 1. The number of hydrogen-bond donors (Lipinski definition) is 1. The standard InChI is InChI=1S/C26H28N6O2/c1-34-19-6-2-5-17(15-19)16-23-28-22-9-4-12-27-25(22)32(23)18-10-13-31(14-11-18)26(33)24-20-7-3-8-21(20)29-30-24/h2,4-6,9,12,15,18H,3,7-8,10-11,13-14,16H2,1H3,(H,29,30). The van der Waals surface area contributed by atoms with E-state index in [1.165, 1.54) is 0 Å². The molecule has 1 amide bonds. The molecule has 2 aliphatic rings. The predicted octanol–water partition coefficient (Wildman–Crippen LogP) is 3.72. The maximum Gasteiger partial charge on any atom is 0.274 e. The Balaban J connectivity index is 1.25. The van der Waals surface area contributed by atoms with Gasteiger partial charge in [-0.25, -0.2) is 9.97 Å². The molecule has 4 aromatic rings. The molecule has 0 radical (unpaired) electrons. The first-order valence-corrected chi connectivity index (χ1v) is 12.0. The largest absolute Gasteiger partial charge is 0.497 e. The minimum Gasteiger partial charge on any atom is -0.497 e. The fraction of sp³-hybridized carbons (Fsp3) is 0.385. The summed E-state index contributed by atoms with van der Waals surface area (Å²) in [6, 6.07) is 12.3. The van der Waals surface area contributed by atoms with E-state index in [2.05, 4.69) is 31.9 Å². The molecule has 0 spiro atoms. The molecule has 1 aromatic carbocycles. The second kappa shape index (κ2) is 8.59. The van der Waals surface area contributed by atoms with E-state index in [0.29, 0.717) is 25.2 Å². The minimum absolute atomic E-state index is 0.0584. The van der Waals surface area contributed by atoms with Crippen LogP contribution in [0, 0.1) is 0 Å². The van der Waals surface area contributed by atoms with Crippen LogP contribution < -0.4 is 4.74 Å². The van der Waals surface area contributed by atoms with E-state index in [0.717, 1.165) is 71.7 Å². The first-order chi connectivity index (χ1) is 16.7. The van der Waals surface area contributed by atoms with Crippen LogP contribution in [0.5, 0.6) is 5.75 Å². The fourth-order valence-electron chi connectivity index (χ4n) is 5.42. The molecular weight excluding hydrogens is 428 g/mol. The third-order valence-electron chi connectivity index (χ3n) is 7.14. The maximum atomic E-state index is 13.2. The van der Waals surface area contributed by atoms with E-state index in [1.54, 1.807) is 7.11 Å². The SMILES string of the molecule is COc1cccc(Cc2nc3cccnc3n2C2CCN(C(=O)c3n[nH]c4c3CCC4)CC2)c1. The summed E-state index contributed by atoms with van der Waals surface area (Å²) in [5.41, 5.74) is 5.85. The molecule has 8 nitrogen and oxygen atoms in total. The Morgan fingerprint density at radius 3 is 2.91 bits per heavy atom. The molecule has 0 bridgehead atoms. The van der Waals surface area contributed by atoms with Gasteiger partial charge in [0.1, 0.15) is 17.1 Å². The van der Waals surface area contributed by atoms with E-state index in [-0.39, 0.29) is 11.9 Å². The molecular formula is C26H28N6O2. The Labute approximate surface area is 198 Å². The number of nitrogens with one attached hydrogen (secondary N) is 1. The van der Waals surface area contributed by atoms with Crippen molar-refractivity contribution in [1.29, 1.82) is 0 Å². The Morgan fingerprint density at radius 2 is 2.06 bits per heavy atom. The summed E-state index contributed by atoms with van der Waals surface area (Å²) in [4.78, 5) is 24.8. The zero-order valence-corrected chi connectivity index (χ0v) is 19.3. The summed E-state index contributed by atoms with van der Waals surface area (Å²) in [7, 11) is 1.69. The number of carbonyl (C=O) groups is 1. The maximum absolute atomic E-state index is 13.2. The number of fused-ring (bicyclic) bond motifs is 2. The molecule has 1 aliphatic heterocycles. The van der Waals surface area contributed by atoms with Gasteiger partial charge in [0.25, 0.3) is 5.91 Å². The molecule has 1 saturated heterocycles. The van der Waals surface area contributed by atoms with Gasteiger partial charge in [0, 0.05) is 43.0 Å². The zero-order chi connectivity index (χ0) is 23.1. The Bertz CT molecular complexity index is 1350. The second-order valence-electron chi connectivity index (χ2n) is 9.18. The van der Waals surface area contributed by atoms with Gasteiger partial charge >= 0.3 is 0 Å². The molecule has 6 rings (SSSR count). The quantitative estimate of drug-likeness (QED) is 0.494. The van der Waals surface area contributed by atoms with E-state index in [9.17, 15) is 4.79 Å². The molecule has 0 atom stereocenters. The van der Waals surface area contributed by atoms with Gasteiger partial charge in [-0.05, 0) is 61.9 Å². The van der Waals surface area contributed by atoms with Gasteiger partial charge in [-0.3, -0.25) is 9.89 Å². The summed E-state index contributed by atoms with van der Waals surface area (Å²) in [6.45, 7) is 1.41. The van der Waals surface area contributed by atoms with Crippen molar-refractivity contribution in [3.05, 3.63) is 70.9 Å². The highest BCUT2D eigenvalue weighted by atomic mass is 16.5. The average Bonchev–Trinajstić information content (AvgIpc) is 3.58. The molecule has 1 N–H and O–H groups in total. The molecule has 1 aliphatic carbocycles. The number of aryl methyl sites for hydroxylation is 1. The number of hydrogen-bond acceptors (Lipinski definition) is 5. The Kier molecular flexibility index (Phi) is 5.28. The number of carbonyl (C=O) groups excluding carboxylic acids is 1. The van der Waals surface area contributed by atoms with Crippen molar-refractivity contribution >= 4 is 17.1 Å². The molecule has 34 heavy (non-hydrogen) atoms. The lowest BCUT2D eigenvalue weighted by Crippen LogP contribution is -2.39. The highest BCUT2D eigenvalue weighted by molar-refractivity contribution is 5.94. The van der Waals surface area contributed by atoms with Crippen molar-refractivity contribution in [1.82, 2.24) is 29.6 Å². The number of likely N-dealkylation sites (tertiary alicyclic amines) is 1. The molecule has 8 heteroatoms. The number of imidazole rings is 1. The van der Waals surface area contributed by atoms with Gasteiger partial charge in [0.2, 0.25) is 0 Å². The van der Waals surface area contributed by atoms with Gasteiger partial charge in [0.15, 0.2) is 11.3 Å². The van der Waals surface area contributed by atoms with Crippen molar-refractivity contribution in [2.45, 2.75) is 44.6 Å². The van der Waals surface area contributed by atoms with Gasteiger partial charge in [-0.15, -0.1) is 0 Å². The Morgan fingerprint density at radius 1 is 1.18 bits per heavy atom. The van der Waals surface area contributed by atoms with Crippen LogP contribution in [0.15, 0.2) is 42.6 Å². The molecule has 4 heterocycles. The van der Waals surface area contributed by atoms with Crippen molar-refractivity contribution < 1.29 is 9.53 Å². The van der Waals surface area contributed by atoms with Crippen LogP contribution in [0.3, 0.4) is 0 Å². The zero-order valence-electron chi connectivity index (χ0n) is 19.3. The predicted molar refractivity (Wildman–Crippen MR) is 128 cm³/mol. The number of aromatic nitrogens is 5. The van der Waals surface area contributed by atoms with Crippen molar-refractivity contribution in [2.24, 2.45) is 0 Å². The smallest absolute Gasteiger partial charge is 0.274 e. The molecule has 1 fully saturated rings. The normalized spacial score (nSPS) is 16.2. The Hall–Kier alpha value is -3.68. The molecule has 0 unspecified atom stereocenters. The highest BCUT2D eigenvalue weighted by Crippen LogP contribution is 2.31. The van der Waals surface area contributed by atoms with Crippen molar-refractivity contribution in [3.63, 3.8) is 0 Å². The highest BCUT2D eigenvalue weighted by Gasteiger charge is 2.31. The molecule has 174 valence electrons. The number of H-pyrrole nitrogens is 1. The van der Waals surface area contributed by atoms with Crippen LogP contribution in [-0.2, 0) is 19.3 Å². The molecule has 0 saturated carbocycles. The van der Waals surface area contributed by atoms with Crippen molar-refractivity contribution in [3.8, 4) is 5.75 Å². The average molecular weight is 457 g/mol. The third-order valence-corrected chi connectivity index (χ3v) is 7.14. The van der Waals surface area contributed by atoms with Gasteiger partial charge in [-0.2, -0.15) is 5.10 Å². The number of benzene rings is 1. The van der Waals surface area contributed by atoms with Gasteiger partial charge < -0.3 is 14.2 Å². The number of piperidine rings is 1. The van der Waals surface area contributed by atoms with E-state index in [1.807, 2.05) is 35.4 Å². The summed E-state index contributed by atoms with van der Waals surface area (Å²) in [6.07, 6.45) is 7.30. The number of methoxy groups -OCH3 is 1. The lowest BCUT2D eigenvalue weighted by Gasteiger charge is -2.33. The summed E-state index contributed by atoms with van der Waals surface area (Å²) in [5.74, 6) is 1.90. The van der Waals surface area contributed by atoms with Gasteiger partial charge in [0.05, 0.1) is 7.11 Å². The van der Waals surface area contributed by atoms with E-state index in [4.69, 9.17) is 9.72 Å². The summed E-state index contributed by atoms with van der Waals surface area (Å²) >= 11 is 0. The topological polar surface area (TPSA) is 88.9 Å². The second-order valence-corrected chi connectivity index (χ2v) is 9.18. The van der Waals surface area contributed by atoms with Crippen LogP contribution >= 0.6 is 0 Å². The van der Waals surface area contributed by atoms with Crippen LogP contribution in [-0.4, -0.2) is 55.7 Å². The summed E-state index contributed by atoms with van der Waals surface area (Å²) < 4.78 is 7.70. The summed E-state index contributed by atoms with van der Waals surface area (Å²) in [5, 5.41) is 7.42.